The molecule has 0 unspecified atom stereocenters. The van der Waals surface area contributed by atoms with Crippen molar-refractivity contribution in [2.24, 2.45) is 0 Å². The van der Waals surface area contributed by atoms with Crippen molar-refractivity contribution in [1.29, 1.82) is 0 Å². The highest BCUT2D eigenvalue weighted by atomic mass is 16.5. The highest BCUT2D eigenvalue weighted by molar-refractivity contribution is 5.95. The fraction of sp³-hybridized carbons (Fsp3) is 0.0952. The van der Waals surface area contributed by atoms with E-state index in [4.69, 9.17) is 4.74 Å². The Morgan fingerprint density at radius 2 is 1.65 bits per heavy atom. The molecule has 0 saturated carbocycles. The van der Waals surface area contributed by atoms with E-state index >= 15 is 0 Å². The van der Waals surface area contributed by atoms with Gasteiger partial charge < -0.3 is 4.74 Å². The van der Waals surface area contributed by atoms with E-state index < -0.39 is 0 Å². The van der Waals surface area contributed by atoms with Crippen molar-refractivity contribution < 1.29 is 9.53 Å². The molecule has 0 aliphatic carbocycles. The number of rotatable bonds is 4. The molecule has 0 N–H and O–H groups in total. The number of esters is 1. The molecule has 3 aromatic rings. The number of hydrogen-bond donors (Lipinski definition) is 0. The molecule has 0 atom stereocenters. The average Bonchev–Trinajstić information content (AvgIpc) is 2.60. The van der Waals surface area contributed by atoms with Gasteiger partial charge in [0, 0.05) is 0 Å². The Bertz CT molecular complexity index is 862. The average molecular weight is 302 g/mol. The van der Waals surface area contributed by atoms with Crippen molar-refractivity contribution in [2.45, 2.75) is 6.92 Å². The Morgan fingerprint density at radius 1 is 0.913 bits per heavy atom. The lowest BCUT2D eigenvalue weighted by atomic mass is 10.0. The van der Waals surface area contributed by atoms with Crippen molar-refractivity contribution in [3.63, 3.8) is 0 Å². The van der Waals surface area contributed by atoms with E-state index in [0.29, 0.717) is 12.2 Å². The van der Waals surface area contributed by atoms with Crippen LogP contribution in [-0.4, -0.2) is 12.6 Å². The summed E-state index contributed by atoms with van der Waals surface area (Å²) in [4.78, 5) is 12.0. The maximum atomic E-state index is 12.0. The number of fused-ring (bicyclic) bond motifs is 1. The third-order valence-corrected chi connectivity index (χ3v) is 3.68. The molecule has 0 aliphatic heterocycles. The van der Waals surface area contributed by atoms with Crippen LogP contribution in [-0.2, 0) is 4.74 Å². The minimum absolute atomic E-state index is 0.286. The molecule has 2 heteroatoms. The van der Waals surface area contributed by atoms with Gasteiger partial charge in [-0.2, -0.15) is 0 Å². The molecule has 3 aromatic carbocycles. The summed E-state index contributed by atoms with van der Waals surface area (Å²) < 4.78 is 5.11. The largest absolute Gasteiger partial charge is 0.462 e. The van der Waals surface area contributed by atoms with Gasteiger partial charge in [0.1, 0.15) is 0 Å². The monoisotopic (exact) mass is 302 g/mol. The Balaban J connectivity index is 1.91. The van der Waals surface area contributed by atoms with Crippen LogP contribution >= 0.6 is 0 Å². The van der Waals surface area contributed by atoms with Gasteiger partial charge in [-0.25, -0.2) is 4.79 Å². The molecule has 0 spiro atoms. The molecule has 0 bridgehead atoms. The fourth-order valence-electron chi connectivity index (χ4n) is 2.53. The number of hydrogen-bond acceptors (Lipinski definition) is 2. The highest BCUT2D eigenvalue weighted by Gasteiger charge is 2.09. The van der Waals surface area contributed by atoms with Crippen molar-refractivity contribution in [1.82, 2.24) is 0 Å². The van der Waals surface area contributed by atoms with E-state index in [1.165, 1.54) is 10.8 Å². The molecule has 0 radical (unpaired) electrons. The summed E-state index contributed by atoms with van der Waals surface area (Å²) in [5.41, 5.74) is 2.55. The van der Waals surface area contributed by atoms with Crippen LogP contribution in [0.3, 0.4) is 0 Å². The summed E-state index contributed by atoms with van der Waals surface area (Å²) in [7, 11) is 0. The zero-order valence-electron chi connectivity index (χ0n) is 13.0. The van der Waals surface area contributed by atoms with Crippen molar-refractivity contribution >= 4 is 28.9 Å². The number of carbonyl (C=O) groups excluding carboxylic acids is 1. The first-order valence-electron chi connectivity index (χ1n) is 7.71. The summed E-state index contributed by atoms with van der Waals surface area (Å²) in [6, 6.07) is 22.1. The van der Waals surface area contributed by atoms with E-state index in [0.717, 1.165) is 11.1 Å². The van der Waals surface area contributed by atoms with E-state index in [-0.39, 0.29) is 5.97 Å². The minimum Gasteiger partial charge on any atom is -0.462 e. The summed E-state index contributed by atoms with van der Waals surface area (Å²) >= 11 is 0. The first kappa shape index (κ1) is 15.0. The van der Waals surface area contributed by atoms with Crippen LogP contribution in [0.4, 0.5) is 0 Å². The van der Waals surface area contributed by atoms with Gasteiger partial charge in [-0.3, -0.25) is 0 Å². The van der Waals surface area contributed by atoms with E-state index in [1.54, 1.807) is 6.07 Å². The lowest BCUT2D eigenvalue weighted by molar-refractivity contribution is 0.0526. The molecule has 0 aromatic heterocycles. The zero-order valence-corrected chi connectivity index (χ0v) is 13.0. The SMILES string of the molecule is CCOC(=O)c1ccccc1/C=C/c1ccc2ccccc2c1. The van der Waals surface area contributed by atoms with Gasteiger partial charge in [0.15, 0.2) is 0 Å². The minimum atomic E-state index is -0.286. The fourth-order valence-corrected chi connectivity index (χ4v) is 2.53. The van der Waals surface area contributed by atoms with Crippen molar-refractivity contribution in [3.8, 4) is 0 Å². The first-order chi connectivity index (χ1) is 11.3. The standard InChI is InChI=1S/C21H18O2/c1-2-23-21(22)20-10-6-5-8-18(20)14-12-16-11-13-17-7-3-4-9-19(17)15-16/h3-15H,2H2,1H3/b14-12+. The van der Waals surface area contributed by atoms with Crippen LogP contribution in [0.1, 0.15) is 28.4 Å². The quantitative estimate of drug-likeness (QED) is 0.490. The van der Waals surface area contributed by atoms with Crippen LogP contribution in [0.15, 0.2) is 66.7 Å². The second-order valence-corrected chi connectivity index (χ2v) is 5.25. The normalized spacial score (nSPS) is 11.0. The third-order valence-electron chi connectivity index (χ3n) is 3.68. The van der Waals surface area contributed by atoms with Crippen LogP contribution in [0, 0.1) is 0 Å². The second-order valence-electron chi connectivity index (χ2n) is 5.25. The molecule has 0 aliphatic rings. The van der Waals surface area contributed by atoms with Gasteiger partial charge >= 0.3 is 5.97 Å². The van der Waals surface area contributed by atoms with E-state index in [2.05, 4.69) is 30.3 Å². The Hall–Kier alpha value is -2.87. The Morgan fingerprint density at radius 3 is 2.48 bits per heavy atom. The predicted molar refractivity (Wildman–Crippen MR) is 95.3 cm³/mol. The van der Waals surface area contributed by atoms with Crippen LogP contribution in [0.5, 0.6) is 0 Å². The van der Waals surface area contributed by atoms with Gasteiger partial charge in [-0.1, -0.05) is 66.7 Å². The molecular formula is C21H18O2. The Labute approximate surface area is 136 Å². The lowest BCUT2D eigenvalue weighted by Crippen LogP contribution is -2.06. The number of benzene rings is 3. The van der Waals surface area contributed by atoms with Crippen molar-refractivity contribution in [3.05, 3.63) is 83.4 Å². The number of ether oxygens (including phenoxy) is 1. The van der Waals surface area contributed by atoms with E-state index in [9.17, 15) is 4.79 Å². The summed E-state index contributed by atoms with van der Waals surface area (Å²) in [6.45, 7) is 2.19. The van der Waals surface area contributed by atoms with Gasteiger partial charge in [-0.05, 0) is 41.0 Å². The second kappa shape index (κ2) is 6.93. The maximum Gasteiger partial charge on any atom is 0.338 e. The van der Waals surface area contributed by atoms with Crippen LogP contribution < -0.4 is 0 Å². The van der Waals surface area contributed by atoms with Gasteiger partial charge in [-0.15, -0.1) is 0 Å². The molecule has 0 amide bonds. The Kier molecular flexibility index (Phi) is 4.53. The lowest BCUT2D eigenvalue weighted by Gasteiger charge is -2.05. The molecule has 114 valence electrons. The topological polar surface area (TPSA) is 26.3 Å². The van der Waals surface area contributed by atoms with E-state index in [1.807, 2.05) is 49.4 Å². The van der Waals surface area contributed by atoms with Crippen LogP contribution in [0.2, 0.25) is 0 Å². The zero-order chi connectivity index (χ0) is 16.1. The number of carbonyl (C=O) groups is 1. The smallest absolute Gasteiger partial charge is 0.338 e. The molecule has 0 heterocycles. The van der Waals surface area contributed by atoms with Crippen LogP contribution in [0.25, 0.3) is 22.9 Å². The molecule has 23 heavy (non-hydrogen) atoms. The predicted octanol–water partition coefficient (Wildman–Crippen LogP) is 5.19. The van der Waals surface area contributed by atoms with Gasteiger partial charge in [0.2, 0.25) is 0 Å². The molecule has 2 nitrogen and oxygen atoms in total. The molecule has 0 fully saturated rings. The molecular weight excluding hydrogens is 284 g/mol. The molecule has 0 saturated heterocycles. The molecule has 3 rings (SSSR count). The van der Waals surface area contributed by atoms with Crippen molar-refractivity contribution in [2.75, 3.05) is 6.61 Å². The summed E-state index contributed by atoms with van der Waals surface area (Å²) in [5.74, 6) is -0.286. The van der Waals surface area contributed by atoms with Gasteiger partial charge in [0.25, 0.3) is 0 Å². The third kappa shape index (κ3) is 3.49. The van der Waals surface area contributed by atoms with Gasteiger partial charge in [0.05, 0.1) is 12.2 Å². The summed E-state index contributed by atoms with van der Waals surface area (Å²) in [5, 5.41) is 2.42. The highest BCUT2D eigenvalue weighted by Crippen LogP contribution is 2.19. The maximum absolute atomic E-state index is 12.0. The summed E-state index contributed by atoms with van der Waals surface area (Å²) in [6.07, 6.45) is 3.97. The first-order valence-corrected chi connectivity index (χ1v) is 7.71.